The molecule has 31 heteroatoms. The first-order chi connectivity index (χ1) is 33.1. The fourth-order valence-corrected chi connectivity index (χ4v) is 6.37. The topological polar surface area (TPSA) is 501 Å². The number of carboxylic acid groups (broad SMARTS) is 4. The summed E-state index contributed by atoms with van der Waals surface area (Å²) in [6.07, 6.45) is -3.63. The largest absolute Gasteiger partial charge is 0.481 e. The molecule has 30 nitrogen and oxygen atoms in total. The van der Waals surface area contributed by atoms with Gasteiger partial charge in [0.2, 0.25) is 29.6 Å². The molecule has 3 rings (SSSR count). The predicted octanol–water partition coefficient (Wildman–Crippen LogP) is -4.87. The van der Waals surface area contributed by atoms with Crippen molar-refractivity contribution in [2.24, 2.45) is 16.5 Å². The molecule has 0 radical (unpaired) electrons. The average molecular weight is 1000 g/mol. The zero-order valence-corrected chi connectivity index (χ0v) is 37.8. The van der Waals surface area contributed by atoms with Crippen molar-refractivity contribution in [1.29, 1.82) is 0 Å². The van der Waals surface area contributed by atoms with E-state index in [1.165, 1.54) is 18.3 Å². The minimum atomic E-state index is -2.03. The van der Waals surface area contributed by atoms with Crippen molar-refractivity contribution in [1.82, 2.24) is 51.8 Å². The van der Waals surface area contributed by atoms with Crippen molar-refractivity contribution < 1.29 is 68.7 Å². The second kappa shape index (κ2) is 27.6. The van der Waals surface area contributed by atoms with Crippen molar-refractivity contribution in [2.75, 3.05) is 29.9 Å². The molecule has 0 fully saturated rings. The van der Waals surface area contributed by atoms with Crippen LogP contribution in [0.3, 0.4) is 0 Å². The van der Waals surface area contributed by atoms with Gasteiger partial charge in [-0.2, -0.15) is 17.6 Å². The number of guanidine groups is 1. The SMILES string of the molecule is NC(N)=NCCC[C@@H](NC(=O)[C@@H](CC(=O)O)NC(O)CCCNC(=O)c1ccc(NCc2cnc3nc(N)[nH]c(=O)c3n2)cc1)C(=O)N[C@H](CC(=O)O)C(=O)N[C@@H](CC(=O)O)C(=O)N[C@@H](CS)C(=O)O. The van der Waals surface area contributed by atoms with E-state index in [9.17, 15) is 73.5 Å². The number of hydrogen-bond donors (Lipinski definition) is 17. The number of aliphatic carboxylic acids is 4. The van der Waals surface area contributed by atoms with Crippen LogP contribution in [0.4, 0.5) is 11.6 Å². The lowest BCUT2D eigenvalue weighted by atomic mass is 10.1. The van der Waals surface area contributed by atoms with Gasteiger partial charge in [0, 0.05) is 30.1 Å². The number of aliphatic hydroxyl groups is 1. The molecule has 2 heterocycles. The number of rotatable bonds is 30. The van der Waals surface area contributed by atoms with E-state index in [1.54, 1.807) is 12.1 Å². The van der Waals surface area contributed by atoms with Crippen molar-refractivity contribution in [3.8, 4) is 0 Å². The number of aliphatic hydroxyl groups excluding tert-OH is 1. The molecule has 5 amide bonds. The Morgan fingerprint density at radius 3 is 1.83 bits per heavy atom. The van der Waals surface area contributed by atoms with Crippen LogP contribution in [0.1, 0.15) is 61.0 Å². The predicted molar refractivity (Wildman–Crippen MR) is 247 cm³/mol. The number of nitrogens with zero attached hydrogens (tertiary/aromatic N) is 4. The van der Waals surface area contributed by atoms with E-state index in [0.717, 1.165) is 0 Å². The number of aromatic amines is 1. The van der Waals surface area contributed by atoms with Crippen LogP contribution in [0, 0.1) is 0 Å². The highest BCUT2D eigenvalue weighted by Crippen LogP contribution is 2.13. The van der Waals surface area contributed by atoms with Crippen LogP contribution in [0.2, 0.25) is 0 Å². The van der Waals surface area contributed by atoms with Gasteiger partial charge in [-0.3, -0.25) is 58.4 Å². The number of nitrogen functional groups attached to an aromatic ring is 1. The number of H-pyrrole nitrogens is 1. The van der Waals surface area contributed by atoms with Gasteiger partial charge in [-0.05, 0) is 49.9 Å². The third kappa shape index (κ3) is 19.2. The second-order valence-corrected chi connectivity index (χ2v) is 15.4. The lowest BCUT2D eigenvalue weighted by molar-refractivity contribution is -0.144. The lowest BCUT2D eigenvalue weighted by Crippen LogP contribution is -2.59. The summed E-state index contributed by atoms with van der Waals surface area (Å²) in [5, 5.41) is 65.0. The molecule has 0 saturated carbocycles. The summed E-state index contributed by atoms with van der Waals surface area (Å²) >= 11 is 3.80. The van der Waals surface area contributed by atoms with Gasteiger partial charge in [0.15, 0.2) is 17.1 Å². The van der Waals surface area contributed by atoms with Crippen LogP contribution in [-0.2, 0) is 44.9 Å². The summed E-state index contributed by atoms with van der Waals surface area (Å²) in [7, 11) is 0. The zero-order valence-electron chi connectivity index (χ0n) is 36.9. The first kappa shape index (κ1) is 56.1. The average Bonchev–Trinajstić information content (AvgIpc) is 3.28. The molecule has 0 aliphatic heterocycles. The van der Waals surface area contributed by atoms with Crippen LogP contribution in [0.25, 0.3) is 11.2 Å². The molecule has 1 aromatic carbocycles. The van der Waals surface area contributed by atoms with Crippen LogP contribution < -0.4 is 60.0 Å². The van der Waals surface area contributed by atoms with Gasteiger partial charge in [-0.25, -0.2) is 14.8 Å². The molecule has 3 aromatic rings. The third-order valence-electron chi connectivity index (χ3n) is 9.53. The molecule has 380 valence electrons. The Balaban J connectivity index is 1.63. The van der Waals surface area contributed by atoms with Crippen LogP contribution in [-0.4, -0.2) is 160 Å². The number of anilines is 2. The molecule has 1 unspecified atom stereocenters. The summed E-state index contributed by atoms with van der Waals surface area (Å²) in [6, 6.07) is -2.66. The second-order valence-electron chi connectivity index (χ2n) is 15.1. The van der Waals surface area contributed by atoms with Gasteiger partial charge in [0.25, 0.3) is 11.5 Å². The van der Waals surface area contributed by atoms with Crippen LogP contribution in [0.15, 0.2) is 40.2 Å². The molecule has 19 N–H and O–H groups in total. The van der Waals surface area contributed by atoms with Gasteiger partial charge >= 0.3 is 23.9 Å². The summed E-state index contributed by atoms with van der Waals surface area (Å²) in [6.45, 7) is 0.0992. The number of carbonyl (C=O) groups excluding carboxylic acids is 5. The van der Waals surface area contributed by atoms with E-state index in [2.05, 4.69) is 64.1 Å². The molecule has 0 spiro atoms. The van der Waals surface area contributed by atoms with Crippen LogP contribution >= 0.6 is 12.6 Å². The molecular formula is C39H53N15O15S. The summed E-state index contributed by atoms with van der Waals surface area (Å²) < 4.78 is 0. The number of nitrogens with two attached hydrogens (primary N) is 3. The number of aliphatic imine (C=N–C) groups is 1. The Bertz CT molecular complexity index is 2470. The number of amides is 5. The van der Waals surface area contributed by atoms with Crippen molar-refractivity contribution in [2.45, 2.75) is 87.9 Å². The molecule has 70 heavy (non-hydrogen) atoms. The number of fused-ring (bicyclic) bond motifs is 1. The molecule has 0 bridgehead atoms. The van der Waals surface area contributed by atoms with Gasteiger partial charge < -0.3 is 74.6 Å². The quantitative estimate of drug-likeness (QED) is 0.00979. The minimum Gasteiger partial charge on any atom is -0.481 e. The minimum absolute atomic E-state index is 0.0114. The van der Waals surface area contributed by atoms with Crippen molar-refractivity contribution in [3.63, 3.8) is 0 Å². The smallest absolute Gasteiger partial charge is 0.327 e. The Hall–Kier alpha value is -8.19. The highest BCUT2D eigenvalue weighted by molar-refractivity contribution is 7.80. The maximum atomic E-state index is 13.6. The van der Waals surface area contributed by atoms with E-state index in [1.807, 2.05) is 10.6 Å². The van der Waals surface area contributed by atoms with Crippen molar-refractivity contribution >= 4 is 94.8 Å². The van der Waals surface area contributed by atoms with Gasteiger partial charge in [0.05, 0.1) is 43.7 Å². The number of carboxylic acids is 4. The Morgan fingerprint density at radius 1 is 0.729 bits per heavy atom. The number of thiol groups is 1. The fourth-order valence-electron chi connectivity index (χ4n) is 6.12. The Morgan fingerprint density at radius 2 is 1.27 bits per heavy atom. The summed E-state index contributed by atoms with van der Waals surface area (Å²) in [5.41, 5.74) is 17.1. The van der Waals surface area contributed by atoms with Gasteiger partial charge in [-0.15, -0.1) is 0 Å². The molecule has 6 atom stereocenters. The third-order valence-corrected chi connectivity index (χ3v) is 9.90. The number of benzene rings is 1. The standard InChI is InChI=1S/C39H53N15O15S/c40-38(41)44-10-1-3-20(32(63)50-22(12-27(58)59)34(65)51-23(13-28(60)61)35(66)52-24(16-70)37(68)69)49-33(64)21(11-26(56)57)48-25(55)4-2-9-43-31(62)17-5-7-18(8-6-17)45-14-19-15-46-30-29(47-19)36(67)54-39(42)53-30/h5-8,15,20-25,45,48,55,70H,1-4,9-14,16H2,(H,43,62)(H,49,64)(H,50,63)(H,51,65)(H,52,66)(H,56,57)(H,58,59)(H,60,61)(H,68,69)(H4,40,41,44)(H3,42,46,53,54,67)/t20-,21-,22-,23+,24+,25?/m1/s1. The lowest BCUT2D eigenvalue weighted by Gasteiger charge is -2.26. The van der Waals surface area contributed by atoms with E-state index < -0.39 is 120 Å². The Labute approximate surface area is 400 Å². The van der Waals surface area contributed by atoms with E-state index in [4.69, 9.17) is 17.2 Å². The highest BCUT2D eigenvalue weighted by atomic mass is 32.1. The fraction of sp³-hybridized carbons (Fsp3) is 0.436. The first-order valence-electron chi connectivity index (χ1n) is 20.9. The number of hydrogen-bond acceptors (Lipinski definition) is 19. The summed E-state index contributed by atoms with van der Waals surface area (Å²) in [5.74, 6) is -12.7. The zero-order chi connectivity index (χ0) is 52.1. The molecule has 2 aromatic heterocycles. The molecule has 0 aliphatic carbocycles. The maximum Gasteiger partial charge on any atom is 0.327 e. The normalized spacial score (nSPS) is 13.5. The molecule has 0 saturated heterocycles. The van der Waals surface area contributed by atoms with Crippen molar-refractivity contribution in [3.05, 3.63) is 52.1 Å². The molecule has 0 aliphatic rings. The highest BCUT2D eigenvalue weighted by Gasteiger charge is 2.34. The monoisotopic (exact) mass is 1000 g/mol. The number of nitrogens with one attached hydrogen (secondary N) is 8. The van der Waals surface area contributed by atoms with E-state index >= 15 is 0 Å². The first-order valence-corrected chi connectivity index (χ1v) is 21.5. The van der Waals surface area contributed by atoms with E-state index in [-0.39, 0.29) is 74.0 Å². The van der Waals surface area contributed by atoms with Gasteiger partial charge in [-0.1, -0.05) is 0 Å². The van der Waals surface area contributed by atoms with Crippen LogP contribution in [0.5, 0.6) is 0 Å². The number of carbonyl (C=O) groups is 9. The summed E-state index contributed by atoms with van der Waals surface area (Å²) in [4.78, 5) is 143. The molecular weight excluding hydrogens is 951 g/mol. The van der Waals surface area contributed by atoms with E-state index in [0.29, 0.717) is 11.4 Å². The number of aromatic nitrogens is 4. The van der Waals surface area contributed by atoms with Gasteiger partial charge in [0.1, 0.15) is 30.4 Å². The maximum absolute atomic E-state index is 13.6. The Kier molecular flexibility index (Phi) is 22.1.